The highest BCUT2D eigenvalue weighted by atomic mass is 16.3. The van der Waals surface area contributed by atoms with Crippen molar-refractivity contribution in [1.82, 2.24) is 4.90 Å². The number of β-amino-alcohol motifs (C(OH)–C–C–N with tert-alkyl or cyclic N) is 1. The standard InChI is InChI=1S/C10H22N2O/c1-10(2)5-3-4-6-12(10)8-9(13)7-11/h9,13H,3-8,11H2,1-2H3/t9-/m0/s1. The SMILES string of the molecule is CC1(C)CCCCN1C[C@@H](O)CN. The molecule has 0 amide bonds. The summed E-state index contributed by atoms with van der Waals surface area (Å²) in [6, 6.07) is 0. The van der Waals surface area contributed by atoms with E-state index in [-0.39, 0.29) is 11.6 Å². The fourth-order valence-corrected chi connectivity index (χ4v) is 1.99. The average molecular weight is 186 g/mol. The number of rotatable bonds is 3. The van der Waals surface area contributed by atoms with E-state index in [2.05, 4.69) is 18.7 Å². The lowest BCUT2D eigenvalue weighted by molar-refractivity contribution is 0.0288. The molecule has 0 unspecified atom stereocenters. The first-order valence-corrected chi connectivity index (χ1v) is 5.19. The number of nitrogens with zero attached hydrogens (tertiary/aromatic N) is 1. The van der Waals surface area contributed by atoms with Crippen LogP contribution in [0.5, 0.6) is 0 Å². The molecule has 13 heavy (non-hydrogen) atoms. The van der Waals surface area contributed by atoms with Gasteiger partial charge in [0, 0.05) is 18.6 Å². The molecular formula is C10H22N2O. The van der Waals surface area contributed by atoms with Crippen LogP contribution >= 0.6 is 0 Å². The second kappa shape index (κ2) is 4.40. The molecule has 1 aliphatic rings. The molecule has 0 aliphatic carbocycles. The number of aliphatic hydroxyl groups excluding tert-OH is 1. The van der Waals surface area contributed by atoms with E-state index in [0.29, 0.717) is 6.54 Å². The molecule has 1 fully saturated rings. The van der Waals surface area contributed by atoms with Crippen LogP contribution in [0.15, 0.2) is 0 Å². The summed E-state index contributed by atoms with van der Waals surface area (Å²) < 4.78 is 0. The summed E-state index contributed by atoms with van der Waals surface area (Å²) in [6.45, 7) is 6.69. The van der Waals surface area contributed by atoms with Crippen LogP contribution in [0.1, 0.15) is 33.1 Å². The van der Waals surface area contributed by atoms with Crippen LogP contribution in [-0.2, 0) is 0 Å². The third-order valence-corrected chi connectivity index (χ3v) is 3.03. The highest BCUT2D eigenvalue weighted by molar-refractivity contribution is 4.86. The molecule has 0 radical (unpaired) electrons. The summed E-state index contributed by atoms with van der Waals surface area (Å²) in [5, 5.41) is 9.48. The molecule has 0 saturated carbocycles. The number of aliphatic hydroxyl groups is 1. The predicted molar refractivity (Wildman–Crippen MR) is 54.6 cm³/mol. The Hall–Kier alpha value is -0.120. The van der Waals surface area contributed by atoms with Gasteiger partial charge in [-0.3, -0.25) is 4.90 Å². The van der Waals surface area contributed by atoms with E-state index >= 15 is 0 Å². The van der Waals surface area contributed by atoms with Crippen LogP contribution in [0.4, 0.5) is 0 Å². The smallest absolute Gasteiger partial charge is 0.0789 e. The van der Waals surface area contributed by atoms with Gasteiger partial charge in [0.25, 0.3) is 0 Å². The zero-order valence-corrected chi connectivity index (χ0v) is 8.79. The maximum absolute atomic E-state index is 9.48. The highest BCUT2D eigenvalue weighted by Gasteiger charge is 2.30. The molecule has 1 heterocycles. The van der Waals surface area contributed by atoms with E-state index in [9.17, 15) is 5.11 Å². The fourth-order valence-electron chi connectivity index (χ4n) is 1.99. The molecule has 1 atom stereocenters. The molecular weight excluding hydrogens is 164 g/mol. The molecule has 0 bridgehead atoms. The first kappa shape index (κ1) is 11.0. The van der Waals surface area contributed by atoms with Crippen molar-refractivity contribution in [3.8, 4) is 0 Å². The van der Waals surface area contributed by atoms with E-state index in [1.807, 2.05) is 0 Å². The Morgan fingerprint density at radius 3 is 2.69 bits per heavy atom. The minimum atomic E-state index is -0.364. The molecule has 0 spiro atoms. The van der Waals surface area contributed by atoms with Gasteiger partial charge in [0.1, 0.15) is 0 Å². The van der Waals surface area contributed by atoms with Crippen molar-refractivity contribution in [1.29, 1.82) is 0 Å². The molecule has 3 nitrogen and oxygen atoms in total. The van der Waals surface area contributed by atoms with E-state index in [4.69, 9.17) is 5.73 Å². The molecule has 1 rings (SSSR count). The van der Waals surface area contributed by atoms with Crippen LogP contribution in [0.25, 0.3) is 0 Å². The minimum absolute atomic E-state index is 0.244. The Bertz CT molecular complexity index is 159. The lowest BCUT2D eigenvalue weighted by atomic mass is 9.90. The lowest BCUT2D eigenvalue weighted by Crippen LogP contribution is -2.51. The first-order chi connectivity index (χ1) is 6.06. The third-order valence-electron chi connectivity index (χ3n) is 3.03. The zero-order chi connectivity index (χ0) is 9.90. The Morgan fingerprint density at radius 2 is 2.15 bits per heavy atom. The van der Waals surface area contributed by atoms with E-state index < -0.39 is 0 Å². The molecule has 1 aliphatic heterocycles. The number of hydrogen-bond acceptors (Lipinski definition) is 3. The predicted octanol–water partition coefficient (Wildman–Crippen LogP) is 0.571. The molecule has 3 heteroatoms. The number of piperidine rings is 1. The van der Waals surface area contributed by atoms with Crippen LogP contribution in [0.3, 0.4) is 0 Å². The summed E-state index contributed by atoms with van der Waals surface area (Å²) in [5.74, 6) is 0. The summed E-state index contributed by atoms with van der Waals surface area (Å²) in [7, 11) is 0. The third kappa shape index (κ3) is 2.93. The normalized spacial score (nSPS) is 25.8. The topological polar surface area (TPSA) is 49.5 Å². The minimum Gasteiger partial charge on any atom is -0.390 e. The van der Waals surface area contributed by atoms with Crippen molar-refractivity contribution in [2.24, 2.45) is 5.73 Å². The molecule has 0 aromatic heterocycles. The highest BCUT2D eigenvalue weighted by Crippen LogP contribution is 2.26. The quantitative estimate of drug-likeness (QED) is 0.677. The van der Waals surface area contributed by atoms with Gasteiger partial charge in [0.15, 0.2) is 0 Å². The molecule has 3 N–H and O–H groups in total. The molecule has 78 valence electrons. The van der Waals surface area contributed by atoms with Gasteiger partial charge in [-0.25, -0.2) is 0 Å². The lowest BCUT2D eigenvalue weighted by Gasteiger charge is -2.43. The van der Waals surface area contributed by atoms with Gasteiger partial charge in [-0.2, -0.15) is 0 Å². The van der Waals surface area contributed by atoms with E-state index in [0.717, 1.165) is 13.1 Å². The van der Waals surface area contributed by atoms with Crippen molar-refractivity contribution in [2.75, 3.05) is 19.6 Å². The molecule has 0 aromatic rings. The summed E-state index contributed by atoms with van der Waals surface area (Å²) in [5.41, 5.74) is 5.65. The number of nitrogens with two attached hydrogens (primary N) is 1. The van der Waals surface area contributed by atoms with E-state index in [1.54, 1.807) is 0 Å². The van der Waals surface area contributed by atoms with Crippen molar-refractivity contribution in [3.63, 3.8) is 0 Å². The Balaban J connectivity index is 2.46. The number of likely N-dealkylation sites (tertiary alicyclic amines) is 1. The molecule has 1 saturated heterocycles. The molecule has 0 aromatic carbocycles. The van der Waals surface area contributed by atoms with Crippen LogP contribution in [0.2, 0.25) is 0 Å². The Kier molecular flexibility index (Phi) is 3.71. The Labute approximate surface area is 80.9 Å². The van der Waals surface area contributed by atoms with Crippen molar-refractivity contribution >= 4 is 0 Å². The maximum Gasteiger partial charge on any atom is 0.0789 e. The van der Waals surface area contributed by atoms with Gasteiger partial charge >= 0.3 is 0 Å². The largest absolute Gasteiger partial charge is 0.390 e. The summed E-state index contributed by atoms with van der Waals surface area (Å²) >= 11 is 0. The van der Waals surface area contributed by atoms with Crippen LogP contribution in [0, 0.1) is 0 Å². The second-order valence-electron chi connectivity index (χ2n) is 4.61. The van der Waals surface area contributed by atoms with Gasteiger partial charge in [0.2, 0.25) is 0 Å². The van der Waals surface area contributed by atoms with Crippen LogP contribution < -0.4 is 5.73 Å². The summed E-state index contributed by atoms with van der Waals surface area (Å²) in [4.78, 5) is 2.36. The van der Waals surface area contributed by atoms with Gasteiger partial charge in [-0.05, 0) is 33.2 Å². The van der Waals surface area contributed by atoms with Crippen molar-refractivity contribution < 1.29 is 5.11 Å². The Morgan fingerprint density at radius 1 is 1.46 bits per heavy atom. The van der Waals surface area contributed by atoms with Gasteiger partial charge in [0.05, 0.1) is 6.10 Å². The monoisotopic (exact) mass is 186 g/mol. The first-order valence-electron chi connectivity index (χ1n) is 5.19. The van der Waals surface area contributed by atoms with Crippen molar-refractivity contribution in [2.45, 2.75) is 44.8 Å². The fraction of sp³-hybridized carbons (Fsp3) is 1.00. The van der Waals surface area contributed by atoms with Gasteiger partial charge in [-0.1, -0.05) is 6.42 Å². The van der Waals surface area contributed by atoms with Crippen LogP contribution in [-0.4, -0.2) is 41.3 Å². The zero-order valence-electron chi connectivity index (χ0n) is 8.79. The summed E-state index contributed by atoms with van der Waals surface area (Å²) in [6.07, 6.45) is 3.42. The van der Waals surface area contributed by atoms with E-state index in [1.165, 1.54) is 19.3 Å². The number of hydrogen-bond donors (Lipinski definition) is 2. The second-order valence-corrected chi connectivity index (χ2v) is 4.61. The van der Waals surface area contributed by atoms with Crippen molar-refractivity contribution in [3.05, 3.63) is 0 Å². The average Bonchev–Trinajstić information content (AvgIpc) is 2.08. The van der Waals surface area contributed by atoms with Gasteiger partial charge in [-0.15, -0.1) is 0 Å². The maximum atomic E-state index is 9.48. The van der Waals surface area contributed by atoms with Gasteiger partial charge < -0.3 is 10.8 Å².